The highest BCUT2D eigenvalue weighted by Crippen LogP contribution is 2.01. The molecule has 0 saturated heterocycles. The summed E-state index contributed by atoms with van der Waals surface area (Å²) < 4.78 is 0. The molecule has 0 radical (unpaired) electrons. The largest absolute Gasteiger partial charge is 0.479 e. The third-order valence-corrected chi connectivity index (χ3v) is 2.33. The predicted octanol–water partition coefficient (Wildman–Crippen LogP) is -1.40. The van der Waals surface area contributed by atoms with E-state index in [4.69, 9.17) is 5.11 Å². The maximum absolute atomic E-state index is 11.6. The second-order valence-electron chi connectivity index (χ2n) is 3.93. The van der Waals surface area contributed by atoms with E-state index in [9.17, 15) is 19.5 Å². The number of nitrogens with one attached hydrogen (secondary N) is 2. The van der Waals surface area contributed by atoms with Crippen molar-refractivity contribution in [1.29, 1.82) is 0 Å². The topological polar surface area (TPSA) is 119 Å². The Morgan fingerprint density at radius 2 is 1.89 bits per heavy atom. The number of carbonyl (C=O) groups is 3. The molecule has 0 aromatic heterocycles. The zero-order valence-electron chi connectivity index (χ0n) is 10.7. The standard InChI is InChI=1S/C10H19N3O5/c1-4-13(5-7(14)11-3)9(17)12-6-10(2,18)8(15)16/h18H,4-6H2,1-3H3,(H,11,14)(H,12,17)(H,15,16). The third-order valence-electron chi connectivity index (χ3n) is 2.33. The Morgan fingerprint density at radius 3 is 2.28 bits per heavy atom. The Hall–Kier alpha value is -1.83. The van der Waals surface area contributed by atoms with Crippen molar-refractivity contribution in [2.24, 2.45) is 0 Å². The first-order valence-corrected chi connectivity index (χ1v) is 5.43. The molecule has 0 aliphatic heterocycles. The van der Waals surface area contributed by atoms with Gasteiger partial charge in [0, 0.05) is 13.6 Å². The Balaban J connectivity index is 4.37. The number of likely N-dealkylation sites (N-methyl/N-ethyl adjacent to an activating group) is 2. The lowest BCUT2D eigenvalue weighted by molar-refractivity contribution is -0.155. The van der Waals surface area contributed by atoms with Crippen LogP contribution in [0.2, 0.25) is 0 Å². The van der Waals surface area contributed by atoms with Crippen molar-refractivity contribution in [3.63, 3.8) is 0 Å². The quantitative estimate of drug-likeness (QED) is 0.469. The van der Waals surface area contributed by atoms with E-state index in [0.717, 1.165) is 6.92 Å². The molecule has 3 amide bonds. The van der Waals surface area contributed by atoms with Gasteiger partial charge in [-0.15, -0.1) is 0 Å². The molecule has 0 saturated carbocycles. The van der Waals surface area contributed by atoms with Crippen LogP contribution in [0.4, 0.5) is 4.79 Å². The highest BCUT2D eigenvalue weighted by atomic mass is 16.4. The highest BCUT2D eigenvalue weighted by Gasteiger charge is 2.30. The van der Waals surface area contributed by atoms with Gasteiger partial charge in [-0.1, -0.05) is 0 Å². The van der Waals surface area contributed by atoms with Crippen LogP contribution in [0.3, 0.4) is 0 Å². The predicted molar refractivity (Wildman–Crippen MR) is 63.0 cm³/mol. The molecule has 18 heavy (non-hydrogen) atoms. The number of aliphatic hydroxyl groups is 1. The summed E-state index contributed by atoms with van der Waals surface area (Å²) in [5, 5.41) is 22.7. The maximum atomic E-state index is 11.6. The number of urea groups is 1. The van der Waals surface area contributed by atoms with Crippen molar-refractivity contribution in [3.8, 4) is 0 Å². The van der Waals surface area contributed by atoms with Crippen molar-refractivity contribution < 1.29 is 24.6 Å². The van der Waals surface area contributed by atoms with Crippen molar-refractivity contribution in [3.05, 3.63) is 0 Å². The minimum absolute atomic E-state index is 0.131. The van der Waals surface area contributed by atoms with Gasteiger partial charge in [0.05, 0.1) is 6.54 Å². The molecule has 0 spiro atoms. The summed E-state index contributed by atoms with van der Waals surface area (Å²) in [6.07, 6.45) is 0. The number of carboxylic acid groups (broad SMARTS) is 1. The summed E-state index contributed by atoms with van der Waals surface area (Å²) in [4.78, 5) is 34.6. The van der Waals surface area contributed by atoms with Crippen LogP contribution >= 0.6 is 0 Å². The number of hydrogen-bond donors (Lipinski definition) is 4. The number of carboxylic acids is 1. The van der Waals surface area contributed by atoms with Crippen LogP contribution < -0.4 is 10.6 Å². The fourth-order valence-corrected chi connectivity index (χ4v) is 1.01. The van der Waals surface area contributed by atoms with Crippen LogP contribution in [0, 0.1) is 0 Å². The van der Waals surface area contributed by atoms with Crippen molar-refractivity contribution in [2.45, 2.75) is 19.4 Å². The summed E-state index contributed by atoms with van der Waals surface area (Å²) >= 11 is 0. The van der Waals surface area contributed by atoms with Gasteiger partial charge < -0.3 is 25.7 Å². The monoisotopic (exact) mass is 261 g/mol. The van der Waals surface area contributed by atoms with Gasteiger partial charge in [0.15, 0.2) is 5.60 Å². The average molecular weight is 261 g/mol. The van der Waals surface area contributed by atoms with E-state index >= 15 is 0 Å². The fourth-order valence-electron chi connectivity index (χ4n) is 1.01. The first-order valence-electron chi connectivity index (χ1n) is 5.43. The molecule has 8 nitrogen and oxygen atoms in total. The number of carbonyl (C=O) groups excluding carboxylic acids is 2. The zero-order chi connectivity index (χ0) is 14.3. The lowest BCUT2D eigenvalue weighted by atomic mass is 10.1. The molecule has 4 N–H and O–H groups in total. The third kappa shape index (κ3) is 5.00. The van der Waals surface area contributed by atoms with Crippen molar-refractivity contribution in [1.82, 2.24) is 15.5 Å². The summed E-state index contributed by atoms with van der Waals surface area (Å²) in [5.41, 5.74) is -2.04. The molecule has 0 bridgehead atoms. The normalized spacial score (nSPS) is 13.3. The smallest absolute Gasteiger partial charge is 0.337 e. The van der Waals surface area contributed by atoms with Gasteiger partial charge >= 0.3 is 12.0 Å². The lowest BCUT2D eigenvalue weighted by Gasteiger charge is -2.23. The molecule has 0 aliphatic rings. The van der Waals surface area contributed by atoms with E-state index in [1.54, 1.807) is 6.92 Å². The number of rotatable bonds is 6. The first kappa shape index (κ1) is 16.2. The van der Waals surface area contributed by atoms with Gasteiger partial charge in [-0.25, -0.2) is 9.59 Å². The zero-order valence-corrected chi connectivity index (χ0v) is 10.7. The highest BCUT2D eigenvalue weighted by molar-refractivity contribution is 5.84. The molecule has 104 valence electrons. The summed E-state index contributed by atoms with van der Waals surface area (Å²) in [6, 6.07) is -0.609. The van der Waals surface area contributed by atoms with Gasteiger partial charge in [-0.2, -0.15) is 0 Å². The van der Waals surface area contributed by atoms with E-state index in [1.165, 1.54) is 11.9 Å². The van der Waals surface area contributed by atoms with Crippen LogP contribution in [0.25, 0.3) is 0 Å². The molecule has 0 fully saturated rings. The van der Waals surface area contributed by atoms with E-state index in [-0.39, 0.29) is 19.0 Å². The Morgan fingerprint density at radius 1 is 1.33 bits per heavy atom. The van der Waals surface area contributed by atoms with E-state index in [2.05, 4.69) is 10.6 Å². The molecule has 8 heteroatoms. The van der Waals surface area contributed by atoms with Gasteiger partial charge in [0.1, 0.15) is 6.54 Å². The molecule has 0 heterocycles. The van der Waals surface area contributed by atoms with Gasteiger partial charge in [-0.05, 0) is 13.8 Å². The molecule has 0 aromatic carbocycles. The SMILES string of the molecule is CCN(CC(=O)NC)C(=O)NCC(C)(O)C(=O)O. The maximum Gasteiger partial charge on any atom is 0.337 e. The van der Waals surface area contributed by atoms with Crippen LogP contribution in [-0.2, 0) is 9.59 Å². The Labute approximate surface area is 105 Å². The van der Waals surface area contributed by atoms with E-state index < -0.39 is 24.1 Å². The second kappa shape index (κ2) is 6.80. The van der Waals surface area contributed by atoms with Gasteiger partial charge in [-0.3, -0.25) is 4.79 Å². The molecular weight excluding hydrogens is 242 g/mol. The Kier molecular flexibility index (Phi) is 6.11. The molecule has 0 aliphatic carbocycles. The fraction of sp³-hybridized carbons (Fsp3) is 0.700. The molecule has 0 rings (SSSR count). The molecule has 0 aromatic rings. The summed E-state index contributed by atoms with van der Waals surface area (Å²) in [7, 11) is 1.45. The van der Waals surface area contributed by atoms with Crippen LogP contribution in [0.1, 0.15) is 13.8 Å². The van der Waals surface area contributed by atoms with E-state index in [0.29, 0.717) is 0 Å². The number of aliphatic carboxylic acids is 1. The minimum atomic E-state index is -2.04. The molecular formula is C10H19N3O5. The minimum Gasteiger partial charge on any atom is -0.479 e. The van der Waals surface area contributed by atoms with E-state index in [1.807, 2.05) is 0 Å². The van der Waals surface area contributed by atoms with Crippen molar-refractivity contribution in [2.75, 3.05) is 26.7 Å². The average Bonchev–Trinajstić information content (AvgIpc) is 2.32. The van der Waals surface area contributed by atoms with Gasteiger partial charge in [0.25, 0.3) is 0 Å². The first-order chi connectivity index (χ1) is 8.24. The van der Waals surface area contributed by atoms with Crippen LogP contribution in [0.5, 0.6) is 0 Å². The Bertz CT molecular complexity index is 329. The van der Waals surface area contributed by atoms with Gasteiger partial charge in [0.2, 0.25) is 5.91 Å². The molecule has 1 atom stereocenters. The van der Waals surface area contributed by atoms with Crippen LogP contribution in [0.15, 0.2) is 0 Å². The summed E-state index contributed by atoms with van der Waals surface area (Å²) in [6.45, 7) is 2.47. The number of hydrogen-bond acceptors (Lipinski definition) is 4. The second-order valence-corrected chi connectivity index (χ2v) is 3.93. The van der Waals surface area contributed by atoms with Crippen LogP contribution in [-0.4, -0.2) is 65.3 Å². The lowest BCUT2D eigenvalue weighted by Crippen LogP contribution is -2.51. The number of nitrogens with zero attached hydrogens (tertiary/aromatic N) is 1. The number of amides is 3. The van der Waals surface area contributed by atoms with Crippen molar-refractivity contribution >= 4 is 17.9 Å². The molecule has 1 unspecified atom stereocenters. The summed E-state index contributed by atoms with van der Waals surface area (Å²) in [5.74, 6) is -1.77.